The highest BCUT2D eigenvalue weighted by Crippen LogP contribution is 2.70. The summed E-state index contributed by atoms with van der Waals surface area (Å²) in [6.07, 6.45) is 3.21. The number of phenolic OH excluding ortho intramolecular Hbond substituents is 1. The Hall–Kier alpha value is -1.75. The van der Waals surface area contributed by atoms with Crippen molar-refractivity contribution in [3.05, 3.63) is 23.8 Å². The molecule has 1 aliphatic heterocycles. The molecule has 1 aromatic carbocycles. The molecule has 1 heterocycles. The van der Waals surface area contributed by atoms with Crippen molar-refractivity contribution in [1.29, 1.82) is 0 Å². The van der Waals surface area contributed by atoms with Gasteiger partial charge in [-0.3, -0.25) is 4.79 Å². The van der Waals surface area contributed by atoms with Crippen LogP contribution in [0, 0.1) is 22.7 Å². The number of hydrogen-bond donors (Lipinski definition) is 2. The van der Waals surface area contributed by atoms with Crippen molar-refractivity contribution in [2.24, 2.45) is 22.7 Å². The van der Waals surface area contributed by atoms with E-state index in [1.54, 1.807) is 26.2 Å². The summed E-state index contributed by atoms with van der Waals surface area (Å²) in [7, 11) is 1.55. The molecular formula is C21H29NO4. The number of benzene rings is 1. The molecule has 1 saturated heterocycles. The fourth-order valence-electron chi connectivity index (χ4n) is 6.20. The van der Waals surface area contributed by atoms with E-state index in [9.17, 15) is 9.90 Å². The number of methoxy groups -OCH3 is 1. The molecule has 3 aliphatic rings. The van der Waals surface area contributed by atoms with Crippen LogP contribution in [0.3, 0.4) is 0 Å². The van der Waals surface area contributed by atoms with Crippen molar-refractivity contribution in [2.45, 2.75) is 52.2 Å². The first-order chi connectivity index (χ1) is 12.3. The van der Waals surface area contributed by atoms with Crippen LogP contribution in [0.2, 0.25) is 0 Å². The molecule has 5 heteroatoms. The first-order valence-electron chi connectivity index (χ1n) is 9.55. The minimum atomic E-state index is -0.0436. The van der Waals surface area contributed by atoms with Crippen LogP contribution in [-0.4, -0.2) is 30.8 Å². The number of amides is 1. The average molecular weight is 359 g/mol. The molecule has 4 rings (SSSR count). The molecule has 2 bridgehead atoms. The number of phenols is 1. The molecular weight excluding hydrogens is 330 g/mol. The van der Waals surface area contributed by atoms with E-state index in [2.05, 4.69) is 19.2 Å². The Morgan fingerprint density at radius 3 is 2.81 bits per heavy atom. The summed E-state index contributed by atoms with van der Waals surface area (Å²) in [5, 5.41) is 13.5. The maximum Gasteiger partial charge on any atom is 0.217 e. The molecule has 3 fully saturated rings. The number of fused-ring (bicyclic) bond motifs is 1. The molecule has 26 heavy (non-hydrogen) atoms. The molecule has 1 amide bonds. The van der Waals surface area contributed by atoms with Gasteiger partial charge in [-0.25, -0.2) is 0 Å². The van der Waals surface area contributed by atoms with Crippen LogP contribution in [-0.2, 0) is 9.53 Å². The minimum Gasteiger partial charge on any atom is -0.504 e. The highest BCUT2D eigenvalue weighted by Gasteiger charge is 2.68. The molecule has 1 unspecified atom stereocenters. The quantitative estimate of drug-likeness (QED) is 0.868. The Kier molecular flexibility index (Phi) is 3.99. The van der Waals surface area contributed by atoms with Gasteiger partial charge in [-0.15, -0.1) is 0 Å². The standard InChI is InChI=1S/C21H29NO4/c1-12(23)22-19-20(2,3)14-10-15-18(26-8-7-21(15,19)11-14)13-5-6-17(25-4)16(24)9-13/h5-6,9,14-15,18-19,24H,7-8,10-11H2,1-4H3,(H,22,23)/t14-,15-,18-,19-,21?/m1/s1. The van der Waals surface area contributed by atoms with Crippen LogP contribution in [0.25, 0.3) is 0 Å². The molecule has 0 radical (unpaired) electrons. The van der Waals surface area contributed by atoms with Crippen molar-refractivity contribution in [2.75, 3.05) is 13.7 Å². The van der Waals surface area contributed by atoms with E-state index in [1.165, 1.54) is 0 Å². The summed E-state index contributed by atoms with van der Waals surface area (Å²) >= 11 is 0. The van der Waals surface area contributed by atoms with Crippen LogP contribution in [0.1, 0.15) is 51.7 Å². The SMILES string of the molecule is COc1ccc([C@H]2OCCC34C[C@@H](C[C@H]23)C(C)(C)[C@H]4NC(C)=O)cc1O. The monoisotopic (exact) mass is 359 g/mol. The van der Waals surface area contributed by atoms with Gasteiger partial charge < -0.3 is 19.9 Å². The zero-order valence-electron chi connectivity index (χ0n) is 16.0. The lowest BCUT2D eigenvalue weighted by atomic mass is 9.59. The molecule has 142 valence electrons. The van der Waals surface area contributed by atoms with E-state index in [1.807, 2.05) is 6.07 Å². The lowest BCUT2D eigenvalue weighted by Crippen LogP contribution is -2.58. The summed E-state index contributed by atoms with van der Waals surface area (Å²) in [5.74, 6) is 1.62. The fraction of sp³-hybridized carbons (Fsp3) is 0.667. The number of carbonyl (C=O) groups excluding carboxylic acids is 1. The molecule has 2 aliphatic carbocycles. The molecule has 5 atom stereocenters. The molecule has 1 spiro atoms. The zero-order valence-corrected chi connectivity index (χ0v) is 16.0. The van der Waals surface area contributed by atoms with Gasteiger partial charge in [0.2, 0.25) is 5.91 Å². The third-order valence-corrected chi connectivity index (χ3v) is 7.38. The predicted octanol–water partition coefficient (Wildman–Crippen LogP) is 3.42. The predicted molar refractivity (Wildman–Crippen MR) is 98.0 cm³/mol. The van der Waals surface area contributed by atoms with E-state index >= 15 is 0 Å². The number of carbonyl (C=O) groups is 1. The van der Waals surface area contributed by atoms with Gasteiger partial charge in [0.15, 0.2) is 11.5 Å². The Labute approximate surface area is 155 Å². The van der Waals surface area contributed by atoms with Crippen LogP contribution in [0.4, 0.5) is 0 Å². The third kappa shape index (κ3) is 2.36. The molecule has 1 aromatic rings. The number of ether oxygens (including phenoxy) is 2. The number of nitrogens with one attached hydrogen (secondary N) is 1. The van der Waals surface area contributed by atoms with E-state index in [-0.39, 0.29) is 34.6 Å². The highest BCUT2D eigenvalue weighted by molar-refractivity contribution is 5.73. The van der Waals surface area contributed by atoms with Gasteiger partial charge in [-0.1, -0.05) is 19.9 Å². The number of aromatic hydroxyl groups is 1. The fourth-order valence-corrected chi connectivity index (χ4v) is 6.20. The van der Waals surface area contributed by atoms with Crippen LogP contribution in [0.5, 0.6) is 11.5 Å². The minimum absolute atomic E-state index is 0.0436. The van der Waals surface area contributed by atoms with E-state index in [0.717, 1.165) is 24.8 Å². The van der Waals surface area contributed by atoms with Crippen LogP contribution in [0.15, 0.2) is 18.2 Å². The zero-order chi connectivity index (χ0) is 18.7. The first-order valence-corrected chi connectivity index (χ1v) is 9.55. The molecule has 0 aromatic heterocycles. The van der Waals surface area contributed by atoms with Gasteiger partial charge in [-0.2, -0.15) is 0 Å². The van der Waals surface area contributed by atoms with Gasteiger partial charge >= 0.3 is 0 Å². The van der Waals surface area contributed by atoms with Gasteiger partial charge in [0.1, 0.15) is 0 Å². The highest BCUT2D eigenvalue weighted by atomic mass is 16.5. The molecule has 2 N–H and O–H groups in total. The summed E-state index contributed by atoms with van der Waals surface area (Å²) in [5.41, 5.74) is 1.18. The second kappa shape index (κ2) is 5.88. The Morgan fingerprint density at radius 1 is 1.38 bits per heavy atom. The van der Waals surface area contributed by atoms with E-state index in [0.29, 0.717) is 24.2 Å². The molecule has 5 nitrogen and oxygen atoms in total. The largest absolute Gasteiger partial charge is 0.504 e. The maximum atomic E-state index is 11.9. The van der Waals surface area contributed by atoms with Gasteiger partial charge in [0, 0.05) is 19.6 Å². The van der Waals surface area contributed by atoms with Crippen molar-refractivity contribution < 1.29 is 19.4 Å². The summed E-state index contributed by atoms with van der Waals surface area (Å²) in [6, 6.07) is 5.74. The number of hydrogen-bond acceptors (Lipinski definition) is 4. The topological polar surface area (TPSA) is 67.8 Å². The maximum absolute atomic E-state index is 11.9. The van der Waals surface area contributed by atoms with Crippen molar-refractivity contribution in [3.63, 3.8) is 0 Å². The van der Waals surface area contributed by atoms with Gasteiger partial charge in [0.25, 0.3) is 0 Å². The van der Waals surface area contributed by atoms with E-state index in [4.69, 9.17) is 9.47 Å². The first kappa shape index (κ1) is 17.7. The van der Waals surface area contributed by atoms with Gasteiger partial charge in [0.05, 0.1) is 13.2 Å². The van der Waals surface area contributed by atoms with Crippen LogP contribution >= 0.6 is 0 Å². The van der Waals surface area contributed by atoms with Crippen molar-refractivity contribution >= 4 is 5.91 Å². The lowest BCUT2D eigenvalue weighted by Gasteiger charge is -2.53. The second-order valence-corrected chi connectivity index (χ2v) is 8.90. The average Bonchev–Trinajstić information content (AvgIpc) is 3.07. The summed E-state index contributed by atoms with van der Waals surface area (Å²) in [4.78, 5) is 11.9. The van der Waals surface area contributed by atoms with Crippen molar-refractivity contribution in [1.82, 2.24) is 5.32 Å². The lowest BCUT2D eigenvalue weighted by molar-refractivity contribution is -0.136. The number of rotatable bonds is 3. The van der Waals surface area contributed by atoms with Gasteiger partial charge in [-0.05, 0) is 59.6 Å². The van der Waals surface area contributed by atoms with Crippen molar-refractivity contribution in [3.8, 4) is 11.5 Å². The summed E-state index contributed by atoms with van der Waals surface area (Å²) < 4.78 is 11.4. The van der Waals surface area contributed by atoms with Crippen LogP contribution < -0.4 is 10.1 Å². The normalized spacial score (nSPS) is 37.2. The second-order valence-electron chi connectivity index (χ2n) is 8.90. The Balaban J connectivity index is 1.70. The summed E-state index contributed by atoms with van der Waals surface area (Å²) in [6.45, 7) is 6.90. The Morgan fingerprint density at radius 2 is 2.15 bits per heavy atom. The third-order valence-electron chi connectivity index (χ3n) is 7.38. The smallest absolute Gasteiger partial charge is 0.217 e. The Bertz CT molecular complexity index is 731. The molecule has 2 saturated carbocycles. The van der Waals surface area contributed by atoms with E-state index < -0.39 is 0 Å².